The highest BCUT2D eigenvalue weighted by Gasteiger charge is 2.17. The summed E-state index contributed by atoms with van der Waals surface area (Å²) in [6, 6.07) is 61.4. The molecule has 0 amide bonds. The lowest BCUT2D eigenvalue weighted by Crippen LogP contribution is -1.98. The van der Waals surface area contributed by atoms with Gasteiger partial charge in [-0.05, 0) is 59.2 Å². The molecule has 0 aliphatic carbocycles. The molecule has 0 unspecified atom stereocenters. The van der Waals surface area contributed by atoms with Crippen molar-refractivity contribution in [3.8, 4) is 33.6 Å². The smallest absolute Gasteiger partial charge is 0.0547 e. The molecule has 0 fully saturated rings. The molecule has 0 saturated carbocycles. The van der Waals surface area contributed by atoms with Crippen LogP contribution in [0.2, 0.25) is 0 Å². The molecule has 2 heterocycles. The molecule has 206 valence electrons. The molecule has 2 aromatic heterocycles. The van der Waals surface area contributed by atoms with Crippen LogP contribution in [-0.2, 0) is 0 Å². The van der Waals surface area contributed by atoms with Crippen molar-refractivity contribution in [1.82, 2.24) is 9.13 Å². The maximum absolute atomic E-state index is 2.44. The standard InChI is InChI=1S/C42H28N2/c1-2-13-29(14-3-1)30-25-26-37-36-20-7-11-24-41(36)44(42(37)28-30)38-21-8-4-17-33(38)31-15-12-16-32(27-31)43-39-22-9-5-18-34(39)35-19-6-10-23-40(35)43/h1-28H. The summed E-state index contributed by atoms with van der Waals surface area (Å²) in [5.74, 6) is 0. The van der Waals surface area contributed by atoms with Gasteiger partial charge in [-0.15, -0.1) is 0 Å². The Kier molecular flexibility index (Phi) is 5.54. The van der Waals surface area contributed by atoms with Crippen molar-refractivity contribution in [2.75, 3.05) is 0 Å². The maximum atomic E-state index is 2.44. The van der Waals surface area contributed by atoms with E-state index >= 15 is 0 Å². The molecule has 2 nitrogen and oxygen atoms in total. The zero-order valence-electron chi connectivity index (χ0n) is 24.1. The highest BCUT2D eigenvalue weighted by molar-refractivity contribution is 6.11. The minimum absolute atomic E-state index is 1.16. The van der Waals surface area contributed by atoms with Gasteiger partial charge in [-0.1, -0.05) is 127 Å². The van der Waals surface area contributed by atoms with E-state index in [0.29, 0.717) is 0 Å². The number of rotatable bonds is 4. The second kappa shape index (κ2) is 9.86. The van der Waals surface area contributed by atoms with Gasteiger partial charge in [-0.3, -0.25) is 0 Å². The van der Waals surface area contributed by atoms with Gasteiger partial charge >= 0.3 is 0 Å². The molecular weight excluding hydrogens is 532 g/mol. The minimum Gasteiger partial charge on any atom is -0.309 e. The zero-order chi connectivity index (χ0) is 29.0. The number of benzene rings is 7. The largest absolute Gasteiger partial charge is 0.309 e. The molecule has 9 rings (SSSR count). The second-order valence-electron chi connectivity index (χ2n) is 11.4. The molecule has 44 heavy (non-hydrogen) atoms. The van der Waals surface area contributed by atoms with Crippen LogP contribution in [0.5, 0.6) is 0 Å². The lowest BCUT2D eigenvalue weighted by Gasteiger charge is -2.16. The molecule has 0 spiro atoms. The second-order valence-corrected chi connectivity index (χ2v) is 11.4. The number of nitrogens with zero attached hydrogens (tertiary/aromatic N) is 2. The third-order valence-electron chi connectivity index (χ3n) is 8.92. The van der Waals surface area contributed by atoms with Crippen molar-refractivity contribution in [1.29, 1.82) is 0 Å². The van der Waals surface area contributed by atoms with Gasteiger partial charge in [0.15, 0.2) is 0 Å². The van der Waals surface area contributed by atoms with Gasteiger partial charge in [0.1, 0.15) is 0 Å². The van der Waals surface area contributed by atoms with E-state index in [1.807, 2.05) is 0 Å². The third kappa shape index (κ3) is 3.75. The highest BCUT2D eigenvalue weighted by atomic mass is 15.0. The van der Waals surface area contributed by atoms with Crippen LogP contribution in [0.3, 0.4) is 0 Å². The predicted octanol–water partition coefficient (Wildman–Crippen LogP) is 11.2. The first-order chi connectivity index (χ1) is 21.8. The SMILES string of the molecule is c1ccc(-c2ccc3c4ccccc4n(-c4ccccc4-c4cccc(-n5c6ccccc6c6ccccc65)c4)c3c2)cc1. The summed E-state index contributed by atoms with van der Waals surface area (Å²) < 4.78 is 4.84. The van der Waals surface area contributed by atoms with Gasteiger partial charge in [0, 0.05) is 32.8 Å². The van der Waals surface area contributed by atoms with E-state index in [1.165, 1.54) is 71.6 Å². The van der Waals surface area contributed by atoms with Crippen molar-refractivity contribution in [2.24, 2.45) is 0 Å². The Labute approximate surface area is 255 Å². The van der Waals surface area contributed by atoms with Crippen molar-refractivity contribution < 1.29 is 0 Å². The fourth-order valence-corrected chi connectivity index (χ4v) is 6.97. The third-order valence-corrected chi connectivity index (χ3v) is 8.92. The molecule has 0 saturated heterocycles. The Morgan fingerprint density at radius 2 is 0.841 bits per heavy atom. The summed E-state index contributed by atoms with van der Waals surface area (Å²) in [6.45, 7) is 0. The van der Waals surface area contributed by atoms with Crippen molar-refractivity contribution >= 4 is 43.6 Å². The van der Waals surface area contributed by atoms with Crippen molar-refractivity contribution in [3.63, 3.8) is 0 Å². The Balaban J connectivity index is 1.28. The first-order valence-electron chi connectivity index (χ1n) is 15.1. The summed E-state index contributed by atoms with van der Waals surface area (Å²) in [5, 5.41) is 5.06. The van der Waals surface area contributed by atoms with E-state index < -0.39 is 0 Å². The molecule has 0 N–H and O–H groups in total. The van der Waals surface area contributed by atoms with Crippen LogP contribution < -0.4 is 0 Å². The molecular formula is C42H28N2. The number of aromatic nitrogens is 2. The average Bonchev–Trinajstić information content (AvgIpc) is 3.61. The van der Waals surface area contributed by atoms with Crippen LogP contribution in [0.1, 0.15) is 0 Å². The van der Waals surface area contributed by atoms with Gasteiger partial charge < -0.3 is 9.13 Å². The number of hydrogen-bond acceptors (Lipinski definition) is 0. The van der Waals surface area contributed by atoms with Crippen LogP contribution >= 0.6 is 0 Å². The molecule has 0 aliphatic rings. The van der Waals surface area contributed by atoms with Crippen LogP contribution in [0.15, 0.2) is 170 Å². The van der Waals surface area contributed by atoms with Crippen LogP contribution in [0, 0.1) is 0 Å². The number of para-hydroxylation sites is 4. The predicted molar refractivity (Wildman–Crippen MR) is 186 cm³/mol. The van der Waals surface area contributed by atoms with Crippen molar-refractivity contribution in [2.45, 2.75) is 0 Å². The van der Waals surface area contributed by atoms with E-state index in [4.69, 9.17) is 0 Å². The first kappa shape index (κ1) is 24.7. The fraction of sp³-hybridized carbons (Fsp3) is 0. The lowest BCUT2D eigenvalue weighted by atomic mass is 10.0. The van der Waals surface area contributed by atoms with Crippen LogP contribution in [-0.4, -0.2) is 9.13 Å². The topological polar surface area (TPSA) is 9.86 Å². The Morgan fingerprint density at radius 3 is 1.55 bits per heavy atom. The summed E-state index contributed by atoms with van der Waals surface area (Å²) in [7, 11) is 0. The normalized spacial score (nSPS) is 11.6. The molecule has 0 atom stereocenters. The minimum atomic E-state index is 1.16. The number of fused-ring (bicyclic) bond motifs is 6. The van der Waals surface area contributed by atoms with E-state index in [0.717, 1.165) is 5.69 Å². The number of hydrogen-bond donors (Lipinski definition) is 0. The summed E-state index contributed by atoms with van der Waals surface area (Å²) >= 11 is 0. The zero-order valence-corrected chi connectivity index (χ0v) is 24.1. The van der Waals surface area contributed by atoms with Gasteiger partial charge in [-0.2, -0.15) is 0 Å². The monoisotopic (exact) mass is 560 g/mol. The maximum Gasteiger partial charge on any atom is 0.0547 e. The molecule has 7 aromatic carbocycles. The molecule has 2 heteroatoms. The van der Waals surface area contributed by atoms with E-state index in [9.17, 15) is 0 Å². The Morgan fingerprint density at radius 1 is 0.295 bits per heavy atom. The summed E-state index contributed by atoms with van der Waals surface area (Å²) in [5.41, 5.74) is 12.0. The van der Waals surface area contributed by atoms with Gasteiger partial charge in [-0.25, -0.2) is 0 Å². The van der Waals surface area contributed by atoms with Gasteiger partial charge in [0.05, 0.1) is 27.8 Å². The van der Waals surface area contributed by atoms with Crippen molar-refractivity contribution in [3.05, 3.63) is 170 Å². The molecule has 0 bridgehead atoms. The molecule has 0 aliphatic heterocycles. The van der Waals surface area contributed by atoms with Gasteiger partial charge in [0.2, 0.25) is 0 Å². The lowest BCUT2D eigenvalue weighted by molar-refractivity contribution is 1.17. The molecule has 9 aromatic rings. The average molecular weight is 561 g/mol. The van der Waals surface area contributed by atoms with E-state index in [1.54, 1.807) is 0 Å². The summed E-state index contributed by atoms with van der Waals surface area (Å²) in [6.07, 6.45) is 0. The quantitative estimate of drug-likeness (QED) is 0.203. The fourth-order valence-electron chi connectivity index (χ4n) is 6.97. The van der Waals surface area contributed by atoms with Crippen LogP contribution in [0.4, 0.5) is 0 Å². The first-order valence-corrected chi connectivity index (χ1v) is 15.1. The van der Waals surface area contributed by atoms with E-state index in [-0.39, 0.29) is 0 Å². The Hall–Kier alpha value is -5.86. The molecule has 0 radical (unpaired) electrons. The summed E-state index contributed by atoms with van der Waals surface area (Å²) in [4.78, 5) is 0. The Bertz CT molecular complexity index is 2440. The highest BCUT2D eigenvalue weighted by Crippen LogP contribution is 2.39. The van der Waals surface area contributed by atoms with E-state index in [2.05, 4.69) is 179 Å². The van der Waals surface area contributed by atoms with Crippen LogP contribution in [0.25, 0.3) is 77.2 Å². The van der Waals surface area contributed by atoms with Gasteiger partial charge in [0.25, 0.3) is 0 Å².